The number of hydrogen-bond donors (Lipinski definition) is 1. The number of nitrogens with zero attached hydrogens (tertiary/aromatic N) is 2. The van der Waals surface area contributed by atoms with Gasteiger partial charge in [0.2, 0.25) is 0 Å². The molecule has 13 heavy (non-hydrogen) atoms. The summed E-state index contributed by atoms with van der Waals surface area (Å²) in [5.41, 5.74) is 1.24. The lowest BCUT2D eigenvalue weighted by Crippen LogP contribution is -2.01. The average molecular weight is 197 g/mol. The van der Waals surface area contributed by atoms with Crippen LogP contribution in [0.3, 0.4) is 0 Å². The molecule has 0 aromatic carbocycles. The summed E-state index contributed by atoms with van der Waals surface area (Å²) in [7, 11) is 1.89. The van der Waals surface area contributed by atoms with Crippen LogP contribution in [0.25, 0.3) is 0 Å². The van der Waals surface area contributed by atoms with Crippen molar-refractivity contribution in [2.24, 2.45) is 0 Å². The molecule has 72 valence electrons. The minimum atomic E-state index is 0.959. The number of anilines is 1. The third-order valence-corrected chi connectivity index (χ3v) is 2.57. The lowest BCUT2D eigenvalue weighted by Gasteiger charge is -2.09. The van der Waals surface area contributed by atoms with Crippen molar-refractivity contribution in [2.45, 2.75) is 24.8 Å². The first-order valence-electron chi connectivity index (χ1n) is 4.39. The molecule has 0 aliphatic rings. The Kier molecular flexibility index (Phi) is 4.02. The molecule has 3 nitrogen and oxygen atoms in total. The standard InChI is InChI=1S/C9H15N3S/c1-4-5-7-8(10-2)11-6-12-9(7)13-3/h6H,4-5H2,1-3H3,(H,10,11,12). The van der Waals surface area contributed by atoms with Crippen LogP contribution in [0.5, 0.6) is 0 Å². The van der Waals surface area contributed by atoms with Gasteiger partial charge in [-0.25, -0.2) is 9.97 Å². The lowest BCUT2D eigenvalue weighted by atomic mass is 10.2. The molecule has 0 amide bonds. The SMILES string of the molecule is CCCc1c(NC)ncnc1SC. The van der Waals surface area contributed by atoms with Crippen molar-refractivity contribution in [1.82, 2.24) is 9.97 Å². The summed E-state index contributed by atoms with van der Waals surface area (Å²) in [6, 6.07) is 0. The zero-order chi connectivity index (χ0) is 9.68. The van der Waals surface area contributed by atoms with Crippen molar-refractivity contribution in [3.63, 3.8) is 0 Å². The van der Waals surface area contributed by atoms with Gasteiger partial charge in [0.05, 0.1) is 0 Å². The Labute approximate surface area is 83.4 Å². The van der Waals surface area contributed by atoms with E-state index in [9.17, 15) is 0 Å². The molecule has 1 aromatic heterocycles. The molecular formula is C9H15N3S. The molecule has 0 radical (unpaired) electrons. The highest BCUT2D eigenvalue weighted by Crippen LogP contribution is 2.23. The van der Waals surface area contributed by atoms with E-state index in [4.69, 9.17) is 0 Å². The summed E-state index contributed by atoms with van der Waals surface area (Å²) >= 11 is 1.67. The fourth-order valence-electron chi connectivity index (χ4n) is 1.26. The van der Waals surface area contributed by atoms with E-state index in [1.54, 1.807) is 18.1 Å². The molecule has 0 aliphatic heterocycles. The molecule has 4 heteroatoms. The highest BCUT2D eigenvalue weighted by atomic mass is 32.2. The van der Waals surface area contributed by atoms with Gasteiger partial charge in [-0.1, -0.05) is 13.3 Å². The Morgan fingerprint density at radius 1 is 1.46 bits per heavy atom. The lowest BCUT2D eigenvalue weighted by molar-refractivity contribution is 0.859. The van der Waals surface area contributed by atoms with Gasteiger partial charge in [-0.3, -0.25) is 0 Å². The highest BCUT2D eigenvalue weighted by Gasteiger charge is 2.07. The second-order valence-electron chi connectivity index (χ2n) is 2.71. The van der Waals surface area contributed by atoms with Gasteiger partial charge in [0.25, 0.3) is 0 Å². The monoisotopic (exact) mass is 197 g/mol. The first-order valence-corrected chi connectivity index (χ1v) is 5.61. The van der Waals surface area contributed by atoms with E-state index < -0.39 is 0 Å². The third-order valence-electron chi connectivity index (χ3n) is 1.84. The van der Waals surface area contributed by atoms with Gasteiger partial charge in [-0.05, 0) is 12.7 Å². The van der Waals surface area contributed by atoms with Gasteiger partial charge < -0.3 is 5.32 Å². The molecule has 1 aromatic rings. The van der Waals surface area contributed by atoms with Gasteiger partial charge in [-0.2, -0.15) is 0 Å². The van der Waals surface area contributed by atoms with E-state index in [1.165, 1.54) is 5.56 Å². The normalized spacial score (nSPS) is 10.1. The van der Waals surface area contributed by atoms with Crippen LogP contribution in [0.1, 0.15) is 18.9 Å². The van der Waals surface area contributed by atoms with Crippen LogP contribution in [0, 0.1) is 0 Å². The van der Waals surface area contributed by atoms with E-state index in [0.717, 1.165) is 23.7 Å². The molecule has 0 unspecified atom stereocenters. The molecule has 1 heterocycles. The second-order valence-corrected chi connectivity index (χ2v) is 3.51. The minimum absolute atomic E-state index is 0.959. The van der Waals surface area contributed by atoms with Crippen LogP contribution in [0.15, 0.2) is 11.4 Å². The fraction of sp³-hybridized carbons (Fsp3) is 0.556. The maximum atomic E-state index is 4.24. The van der Waals surface area contributed by atoms with Crippen molar-refractivity contribution < 1.29 is 0 Å². The quantitative estimate of drug-likeness (QED) is 0.593. The van der Waals surface area contributed by atoms with E-state index in [2.05, 4.69) is 22.2 Å². The largest absolute Gasteiger partial charge is 0.373 e. The number of rotatable bonds is 4. The van der Waals surface area contributed by atoms with Crippen LogP contribution in [0.4, 0.5) is 5.82 Å². The number of thioether (sulfide) groups is 1. The molecule has 0 bridgehead atoms. The van der Waals surface area contributed by atoms with Gasteiger partial charge >= 0.3 is 0 Å². The maximum Gasteiger partial charge on any atom is 0.133 e. The summed E-state index contributed by atoms with van der Waals surface area (Å²) in [5, 5.41) is 4.18. The zero-order valence-corrected chi connectivity index (χ0v) is 9.11. The zero-order valence-electron chi connectivity index (χ0n) is 8.29. The van der Waals surface area contributed by atoms with Crippen molar-refractivity contribution in [2.75, 3.05) is 18.6 Å². The van der Waals surface area contributed by atoms with Crippen LogP contribution in [-0.4, -0.2) is 23.3 Å². The van der Waals surface area contributed by atoms with E-state index in [-0.39, 0.29) is 0 Å². The number of aromatic nitrogens is 2. The van der Waals surface area contributed by atoms with E-state index in [1.807, 2.05) is 13.3 Å². The Balaban J connectivity index is 3.05. The summed E-state index contributed by atoms with van der Waals surface area (Å²) < 4.78 is 0. The summed E-state index contributed by atoms with van der Waals surface area (Å²) in [6.45, 7) is 2.16. The topological polar surface area (TPSA) is 37.8 Å². The Morgan fingerprint density at radius 3 is 2.77 bits per heavy atom. The van der Waals surface area contributed by atoms with E-state index >= 15 is 0 Å². The predicted molar refractivity (Wildman–Crippen MR) is 57.4 cm³/mol. The van der Waals surface area contributed by atoms with Crippen LogP contribution in [-0.2, 0) is 6.42 Å². The molecule has 1 rings (SSSR count). The molecule has 0 fully saturated rings. The Bertz CT molecular complexity index is 253. The molecule has 0 aliphatic carbocycles. The van der Waals surface area contributed by atoms with Crippen molar-refractivity contribution in [3.05, 3.63) is 11.9 Å². The Morgan fingerprint density at radius 2 is 2.23 bits per heavy atom. The van der Waals surface area contributed by atoms with Gasteiger partial charge in [0.15, 0.2) is 0 Å². The summed E-state index contributed by atoms with van der Waals surface area (Å²) in [4.78, 5) is 8.43. The summed E-state index contributed by atoms with van der Waals surface area (Å²) in [5.74, 6) is 0.959. The maximum absolute atomic E-state index is 4.24. The predicted octanol–water partition coefficient (Wildman–Crippen LogP) is 2.19. The molecule has 0 spiro atoms. The molecule has 0 saturated carbocycles. The number of hydrogen-bond acceptors (Lipinski definition) is 4. The van der Waals surface area contributed by atoms with Crippen LogP contribution in [0.2, 0.25) is 0 Å². The first kappa shape index (κ1) is 10.3. The molecular weight excluding hydrogens is 182 g/mol. The van der Waals surface area contributed by atoms with Crippen LogP contribution >= 0.6 is 11.8 Å². The first-order chi connectivity index (χ1) is 6.33. The van der Waals surface area contributed by atoms with E-state index in [0.29, 0.717) is 0 Å². The fourth-order valence-corrected chi connectivity index (χ4v) is 1.86. The van der Waals surface area contributed by atoms with Crippen molar-refractivity contribution >= 4 is 17.6 Å². The highest BCUT2D eigenvalue weighted by molar-refractivity contribution is 7.98. The molecule has 0 atom stereocenters. The smallest absolute Gasteiger partial charge is 0.133 e. The van der Waals surface area contributed by atoms with Gasteiger partial charge in [-0.15, -0.1) is 11.8 Å². The third kappa shape index (κ3) is 2.34. The Hall–Kier alpha value is -0.770. The summed E-state index contributed by atoms with van der Waals surface area (Å²) in [6.07, 6.45) is 5.81. The number of nitrogens with one attached hydrogen (secondary N) is 1. The minimum Gasteiger partial charge on any atom is -0.373 e. The van der Waals surface area contributed by atoms with Gasteiger partial charge in [0, 0.05) is 12.6 Å². The van der Waals surface area contributed by atoms with Crippen molar-refractivity contribution in [1.29, 1.82) is 0 Å². The second kappa shape index (κ2) is 5.07. The van der Waals surface area contributed by atoms with Crippen molar-refractivity contribution in [3.8, 4) is 0 Å². The van der Waals surface area contributed by atoms with Gasteiger partial charge in [0.1, 0.15) is 17.2 Å². The van der Waals surface area contributed by atoms with Crippen LogP contribution < -0.4 is 5.32 Å². The molecule has 0 saturated heterocycles. The average Bonchev–Trinajstić information content (AvgIpc) is 2.18. The molecule has 1 N–H and O–H groups in total.